The number of hydrogen-bond donors (Lipinski definition) is 1. The summed E-state index contributed by atoms with van der Waals surface area (Å²) in [6.07, 6.45) is 3.32. The number of hydrogen-bond acceptors (Lipinski definition) is 5. The van der Waals surface area contributed by atoms with Crippen molar-refractivity contribution < 1.29 is 9.53 Å². The maximum absolute atomic E-state index is 12.8. The minimum Gasteiger partial charge on any atom is -0.495 e. The van der Waals surface area contributed by atoms with Crippen LogP contribution in [0.5, 0.6) is 5.75 Å². The third kappa shape index (κ3) is 3.32. The first kappa shape index (κ1) is 16.2. The highest BCUT2D eigenvalue weighted by molar-refractivity contribution is 5.98. The van der Waals surface area contributed by atoms with Crippen LogP contribution in [0.2, 0.25) is 0 Å². The molecule has 24 heavy (non-hydrogen) atoms. The second-order valence-corrected chi connectivity index (χ2v) is 6.06. The lowest BCUT2D eigenvalue weighted by Crippen LogP contribution is -2.40. The molecule has 1 unspecified atom stereocenters. The van der Waals surface area contributed by atoms with E-state index in [4.69, 9.17) is 4.74 Å². The first-order valence-corrected chi connectivity index (χ1v) is 8.09. The van der Waals surface area contributed by atoms with Gasteiger partial charge in [-0.25, -0.2) is 9.97 Å². The molecular weight excluding hydrogens is 304 g/mol. The molecule has 2 heterocycles. The second-order valence-electron chi connectivity index (χ2n) is 6.06. The molecule has 0 saturated carbocycles. The number of nitrogens with one attached hydrogen (secondary N) is 1. The third-order valence-corrected chi connectivity index (χ3v) is 4.25. The van der Waals surface area contributed by atoms with Gasteiger partial charge in [0, 0.05) is 18.3 Å². The summed E-state index contributed by atoms with van der Waals surface area (Å²) in [4.78, 5) is 23.3. The molecule has 1 aromatic heterocycles. The van der Waals surface area contributed by atoms with Gasteiger partial charge in [-0.15, -0.1) is 0 Å². The SMILES string of the molecule is COc1ccc(C)cc1NC(=O)C1CCCN1c1cc(C)ncn1. The van der Waals surface area contributed by atoms with Crippen molar-refractivity contribution >= 4 is 17.4 Å². The number of carbonyl (C=O) groups is 1. The van der Waals surface area contributed by atoms with E-state index in [2.05, 4.69) is 15.3 Å². The zero-order valence-corrected chi connectivity index (χ0v) is 14.2. The van der Waals surface area contributed by atoms with E-state index in [1.807, 2.05) is 43.0 Å². The molecule has 1 fully saturated rings. The van der Waals surface area contributed by atoms with Crippen LogP contribution in [-0.4, -0.2) is 35.6 Å². The summed E-state index contributed by atoms with van der Waals surface area (Å²) < 4.78 is 5.34. The van der Waals surface area contributed by atoms with Crippen molar-refractivity contribution in [3.63, 3.8) is 0 Å². The van der Waals surface area contributed by atoms with Crippen LogP contribution in [0, 0.1) is 13.8 Å². The Morgan fingerprint density at radius 1 is 1.29 bits per heavy atom. The Hall–Kier alpha value is -2.63. The molecule has 6 nitrogen and oxygen atoms in total. The van der Waals surface area contributed by atoms with Gasteiger partial charge in [0.1, 0.15) is 23.9 Å². The number of benzene rings is 1. The summed E-state index contributed by atoms with van der Waals surface area (Å²) in [6.45, 7) is 4.73. The molecule has 1 atom stereocenters. The summed E-state index contributed by atoms with van der Waals surface area (Å²) in [7, 11) is 1.60. The molecule has 2 aromatic rings. The molecule has 1 amide bonds. The Kier molecular flexibility index (Phi) is 4.64. The lowest BCUT2D eigenvalue weighted by Gasteiger charge is -2.25. The normalized spacial score (nSPS) is 17.0. The number of methoxy groups -OCH3 is 1. The molecular formula is C18H22N4O2. The fraction of sp³-hybridized carbons (Fsp3) is 0.389. The maximum atomic E-state index is 12.8. The monoisotopic (exact) mass is 326 g/mol. The zero-order chi connectivity index (χ0) is 17.1. The molecule has 1 saturated heterocycles. The summed E-state index contributed by atoms with van der Waals surface area (Å²) in [5.41, 5.74) is 2.67. The van der Waals surface area contributed by atoms with Crippen molar-refractivity contribution in [1.29, 1.82) is 0 Å². The number of anilines is 2. The average Bonchev–Trinajstić information content (AvgIpc) is 3.05. The molecule has 0 bridgehead atoms. The number of amides is 1. The smallest absolute Gasteiger partial charge is 0.247 e. The first-order chi connectivity index (χ1) is 11.6. The van der Waals surface area contributed by atoms with E-state index in [0.29, 0.717) is 11.4 Å². The Labute approximate surface area is 141 Å². The van der Waals surface area contributed by atoms with E-state index in [1.54, 1.807) is 13.4 Å². The van der Waals surface area contributed by atoms with Crippen LogP contribution in [0.25, 0.3) is 0 Å². The van der Waals surface area contributed by atoms with Crippen LogP contribution in [-0.2, 0) is 4.79 Å². The lowest BCUT2D eigenvalue weighted by molar-refractivity contribution is -0.117. The van der Waals surface area contributed by atoms with E-state index in [9.17, 15) is 4.79 Å². The summed E-state index contributed by atoms with van der Waals surface area (Å²) in [6, 6.07) is 7.43. The van der Waals surface area contributed by atoms with Crippen LogP contribution in [0.1, 0.15) is 24.1 Å². The van der Waals surface area contributed by atoms with Crippen LogP contribution < -0.4 is 15.0 Å². The van der Waals surface area contributed by atoms with Gasteiger partial charge in [-0.3, -0.25) is 4.79 Å². The Balaban J connectivity index is 1.80. The molecule has 6 heteroatoms. The van der Waals surface area contributed by atoms with Crippen molar-refractivity contribution in [3.05, 3.63) is 41.9 Å². The van der Waals surface area contributed by atoms with E-state index >= 15 is 0 Å². The van der Waals surface area contributed by atoms with Gasteiger partial charge in [0.2, 0.25) is 5.91 Å². The fourth-order valence-electron chi connectivity index (χ4n) is 3.05. The van der Waals surface area contributed by atoms with E-state index in [0.717, 1.165) is 36.5 Å². The Morgan fingerprint density at radius 2 is 2.12 bits per heavy atom. The van der Waals surface area contributed by atoms with E-state index in [-0.39, 0.29) is 11.9 Å². The molecule has 1 aromatic carbocycles. The van der Waals surface area contributed by atoms with Gasteiger partial charge in [-0.2, -0.15) is 0 Å². The van der Waals surface area contributed by atoms with Crippen molar-refractivity contribution in [2.45, 2.75) is 32.7 Å². The number of rotatable bonds is 4. The quantitative estimate of drug-likeness (QED) is 0.936. The molecule has 0 spiro atoms. The number of ether oxygens (including phenoxy) is 1. The van der Waals surface area contributed by atoms with Gasteiger partial charge in [-0.1, -0.05) is 6.07 Å². The number of aryl methyl sites for hydroxylation is 2. The molecule has 0 aliphatic carbocycles. The average molecular weight is 326 g/mol. The van der Waals surface area contributed by atoms with Gasteiger partial charge in [0.25, 0.3) is 0 Å². The van der Waals surface area contributed by atoms with Crippen LogP contribution in [0.15, 0.2) is 30.6 Å². The van der Waals surface area contributed by atoms with Crippen LogP contribution in [0.4, 0.5) is 11.5 Å². The van der Waals surface area contributed by atoms with Crippen molar-refractivity contribution in [3.8, 4) is 5.75 Å². The maximum Gasteiger partial charge on any atom is 0.247 e. The van der Waals surface area contributed by atoms with Gasteiger partial charge in [0.15, 0.2) is 0 Å². The molecule has 126 valence electrons. The van der Waals surface area contributed by atoms with E-state index < -0.39 is 0 Å². The van der Waals surface area contributed by atoms with Crippen molar-refractivity contribution in [1.82, 2.24) is 9.97 Å². The molecule has 1 aliphatic rings. The summed E-state index contributed by atoms with van der Waals surface area (Å²) >= 11 is 0. The van der Waals surface area contributed by atoms with Crippen LogP contribution >= 0.6 is 0 Å². The minimum atomic E-state index is -0.232. The summed E-state index contributed by atoms with van der Waals surface area (Å²) in [5.74, 6) is 1.43. The van der Waals surface area contributed by atoms with Crippen molar-refractivity contribution in [2.24, 2.45) is 0 Å². The molecule has 1 N–H and O–H groups in total. The predicted octanol–water partition coefficient (Wildman–Crippen LogP) is 2.71. The van der Waals surface area contributed by atoms with Crippen LogP contribution in [0.3, 0.4) is 0 Å². The highest BCUT2D eigenvalue weighted by Gasteiger charge is 2.32. The largest absolute Gasteiger partial charge is 0.495 e. The van der Waals surface area contributed by atoms with Crippen molar-refractivity contribution in [2.75, 3.05) is 23.9 Å². The Morgan fingerprint density at radius 3 is 2.88 bits per heavy atom. The fourth-order valence-corrected chi connectivity index (χ4v) is 3.05. The number of aromatic nitrogens is 2. The number of carbonyl (C=O) groups excluding carboxylic acids is 1. The zero-order valence-electron chi connectivity index (χ0n) is 14.2. The summed E-state index contributed by atoms with van der Waals surface area (Å²) in [5, 5.41) is 3.01. The topological polar surface area (TPSA) is 67.3 Å². The lowest BCUT2D eigenvalue weighted by atomic mass is 10.1. The first-order valence-electron chi connectivity index (χ1n) is 8.09. The highest BCUT2D eigenvalue weighted by atomic mass is 16.5. The number of nitrogens with zero attached hydrogens (tertiary/aromatic N) is 3. The molecule has 1 aliphatic heterocycles. The van der Waals surface area contributed by atoms with Gasteiger partial charge < -0.3 is 15.0 Å². The molecule has 3 rings (SSSR count). The second kappa shape index (κ2) is 6.86. The third-order valence-electron chi connectivity index (χ3n) is 4.25. The predicted molar refractivity (Wildman–Crippen MR) is 93.5 cm³/mol. The molecule has 0 radical (unpaired) electrons. The van der Waals surface area contributed by atoms with E-state index in [1.165, 1.54) is 0 Å². The van der Waals surface area contributed by atoms with Gasteiger partial charge >= 0.3 is 0 Å². The van der Waals surface area contributed by atoms with Gasteiger partial charge in [0.05, 0.1) is 12.8 Å². The standard InChI is InChI=1S/C18H22N4O2/c1-12-6-7-16(24-3)14(9-12)21-18(23)15-5-4-8-22(15)17-10-13(2)19-11-20-17/h6-7,9-11,15H,4-5,8H2,1-3H3,(H,21,23). The van der Waals surface area contributed by atoms with Gasteiger partial charge in [-0.05, 0) is 44.4 Å². The highest BCUT2D eigenvalue weighted by Crippen LogP contribution is 2.28. The Bertz CT molecular complexity index is 748. The minimum absolute atomic E-state index is 0.0346.